The second kappa shape index (κ2) is 5.48. The van der Waals surface area contributed by atoms with Gasteiger partial charge in [0.2, 0.25) is 0 Å². The first-order valence-electron chi connectivity index (χ1n) is 6.07. The predicted octanol–water partition coefficient (Wildman–Crippen LogP) is 2.58. The Hall–Kier alpha value is -2.43. The zero-order chi connectivity index (χ0) is 13.8. The van der Waals surface area contributed by atoms with E-state index in [9.17, 15) is 4.79 Å². The van der Waals surface area contributed by atoms with Gasteiger partial charge in [0.1, 0.15) is 6.61 Å². The molecule has 0 saturated carbocycles. The Morgan fingerprint density at radius 1 is 1.32 bits per heavy atom. The quantitative estimate of drug-likeness (QED) is 0.853. The van der Waals surface area contributed by atoms with E-state index in [-0.39, 0.29) is 12.3 Å². The van der Waals surface area contributed by atoms with Crippen LogP contribution in [-0.4, -0.2) is 21.8 Å². The van der Waals surface area contributed by atoms with E-state index in [1.165, 1.54) is 0 Å². The van der Waals surface area contributed by atoms with Crippen LogP contribution in [0.4, 0.5) is 0 Å². The molecule has 2 heterocycles. The largest absolute Gasteiger partial charge is 0.476 e. The van der Waals surface area contributed by atoms with Crippen LogP contribution in [-0.2, 0) is 16.2 Å². The Kier molecular flexibility index (Phi) is 3.75. The lowest BCUT2D eigenvalue weighted by Gasteiger charge is -2.15. The van der Waals surface area contributed by atoms with Crippen LogP contribution < -0.4 is 0 Å². The maximum Gasteiger partial charge on any atom is 0.358 e. The van der Waals surface area contributed by atoms with Crippen LogP contribution in [0.1, 0.15) is 25.0 Å². The minimum absolute atomic E-state index is 0.0583. The summed E-state index contributed by atoms with van der Waals surface area (Å²) in [5.74, 6) is -1.09. The average Bonchev–Trinajstić information content (AvgIpc) is 2.48. The highest BCUT2D eigenvalue weighted by Gasteiger charge is 2.23. The molecule has 0 bridgehead atoms. The average molecular weight is 258 g/mol. The predicted molar refractivity (Wildman–Crippen MR) is 72.1 cm³/mol. The number of nitrogens with zero attached hydrogens (tertiary/aromatic N) is 2. The molecule has 3 rings (SSSR count). The number of carboxylic acid groups (broad SMARTS) is 1. The van der Waals surface area contributed by atoms with Crippen molar-refractivity contribution in [1.82, 2.24) is 4.98 Å². The van der Waals surface area contributed by atoms with Gasteiger partial charge in [-0.25, -0.2) is 4.79 Å². The number of hydrogen-bond acceptors (Lipinski definition) is 4. The van der Waals surface area contributed by atoms with E-state index in [0.717, 1.165) is 16.5 Å². The van der Waals surface area contributed by atoms with Gasteiger partial charge in [0.15, 0.2) is 5.71 Å². The van der Waals surface area contributed by atoms with Gasteiger partial charge in [-0.3, -0.25) is 4.98 Å². The molecular formula is C14H14N2O3. The summed E-state index contributed by atoms with van der Waals surface area (Å²) in [5.41, 5.74) is 2.19. The molecule has 1 aromatic carbocycles. The molecule has 0 spiro atoms. The van der Waals surface area contributed by atoms with Gasteiger partial charge in [-0.05, 0) is 18.2 Å². The zero-order valence-electron chi connectivity index (χ0n) is 10.8. The Morgan fingerprint density at radius 2 is 2.11 bits per heavy atom. The molecule has 5 heteroatoms. The van der Waals surface area contributed by atoms with E-state index in [0.29, 0.717) is 5.56 Å². The van der Waals surface area contributed by atoms with Crippen molar-refractivity contribution in [3.8, 4) is 0 Å². The number of aliphatic carboxylic acids is 1. The van der Waals surface area contributed by atoms with Crippen LogP contribution in [0.2, 0.25) is 0 Å². The molecule has 1 aromatic heterocycles. The van der Waals surface area contributed by atoms with Crippen molar-refractivity contribution in [3.63, 3.8) is 0 Å². The van der Waals surface area contributed by atoms with Crippen molar-refractivity contribution in [1.29, 1.82) is 0 Å². The molecule has 0 aliphatic carbocycles. The summed E-state index contributed by atoms with van der Waals surface area (Å²) in [7, 11) is 0. The molecule has 1 aliphatic heterocycles. The second-order valence-electron chi connectivity index (χ2n) is 3.68. The minimum atomic E-state index is -1.09. The summed E-state index contributed by atoms with van der Waals surface area (Å²) in [6.45, 7) is 4.27. The molecule has 0 amide bonds. The maximum absolute atomic E-state index is 11.0. The monoisotopic (exact) mass is 258 g/mol. The van der Waals surface area contributed by atoms with E-state index in [1.807, 2.05) is 26.0 Å². The minimum Gasteiger partial charge on any atom is -0.476 e. The smallest absolute Gasteiger partial charge is 0.358 e. The molecule has 1 aliphatic rings. The first-order valence-corrected chi connectivity index (χ1v) is 6.07. The Bertz CT molecular complexity index is 650. The van der Waals surface area contributed by atoms with E-state index in [4.69, 9.17) is 9.94 Å². The van der Waals surface area contributed by atoms with Gasteiger partial charge >= 0.3 is 5.97 Å². The zero-order valence-corrected chi connectivity index (χ0v) is 10.8. The number of aromatic nitrogens is 1. The van der Waals surface area contributed by atoms with Crippen molar-refractivity contribution in [2.45, 2.75) is 20.5 Å². The highest BCUT2D eigenvalue weighted by atomic mass is 16.6. The molecule has 0 fully saturated rings. The van der Waals surface area contributed by atoms with Gasteiger partial charge in [-0.1, -0.05) is 25.1 Å². The van der Waals surface area contributed by atoms with Gasteiger partial charge < -0.3 is 9.94 Å². The topological polar surface area (TPSA) is 71.8 Å². The lowest BCUT2D eigenvalue weighted by Crippen LogP contribution is -2.20. The normalized spacial score (nSPS) is 12.6. The van der Waals surface area contributed by atoms with Gasteiger partial charge in [0.05, 0.1) is 5.52 Å². The fourth-order valence-electron chi connectivity index (χ4n) is 1.96. The molecule has 0 radical (unpaired) electrons. The maximum atomic E-state index is 11.0. The van der Waals surface area contributed by atoms with E-state index in [2.05, 4.69) is 10.1 Å². The van der Waals surface area contributed by atoms with Crippen LogP contribution in [0.5, 0.6) is 0 Å². The number of hydrogen-bond donors (Lipinski definition) is 1. The SMILES string of the molecule is CC.O=C(O)C1=NOCc2c1ccc1ncccc21. The summed E-state index contributed by atoms with van der Waals surface area (Å²) in [5, 5.41) is 13.5. The molecule has 0 saturated heterocycles. The van der Waals surface area contributed by atoms with Crippen molar-refractivity contribution < 1.29 is 14.7 Å². The summed E-state index contributed by atoms with van der Waals surface area (Å²) in [6, 6.07) is 7.22. The molecule has 5 nitrogen and oxygen atoms in total. The van der Waals surface area contributed by atoms with E-state index < -0.39 is 5.97 Å². The van der Waals surface area contributed by atoms with Gasteiger partial charge in [-0.15, -0.1) is 0 Å². The number of pyridine rings is 1. The Labute approximate surface area is 110 Å². The number of carbonyl (C=O) groups is 1. The van der Waals surface area contributed by atoms with Gasteiger partial charge in [0, 0.05) is 22.7 Å². The van der Waals surface area contributed by atoms with Gasteiger partial charge in [-0.2, -0.15) is 0 Å². The molecular weight excluding hydrogens is 244 g/mol. The van der Waals surface area contributed by atoms with Crippen LogP contribution >= 0.6 is 0 Å². The number of benzene rings is 1. The van der Waals surface area contributed by atoms with Crippen molar-refractivity contribution in [3.05, 3.63) is 41.6 Å². The molecule has 1 N–H and O–H groups in total. The van der Waals surface area contributed by atoms with Crippen LogP contribution in [0.25, 0.3) is 10.9 Å². The van der Waals surface area contributed by atoms with Crippen molar-refractivity contribution in [2.75, 3.05) is 0 Å². The third-order valence-corrected chi connectivity index (χ3v) is 2.72. The van der Waals surface area contributed by atoms with Crippen LogP contribution in [0.3, 0.4) is 0 Å². The third-order valence-electron chi connectivity index (χ3n) is 2.72. The van der Waals surface area contributed by atoms with E-state index in [1.54, 1.807) is 18.3 Å². The lowest BCUT2D eigenvalue weighted by molar-refractivity contribution is -0.129. The van der Waals surface area contributed by atoms with Crippen molar-refractivity contribution in [2.24, 2.45) is 5.16 Å². The summed E-state index contributed by atoms with van der Waals surface area (Å²) < 4.78 is 0. The molecule has 98 valence electrons. The summed E-state index contributed by atoms with van der Waals surface area (Å²) >= 11 is 0. The third kappa shape index (κ3) is 2.27. The number of fused-ring (bicyclic) bond motifs is 3. The molecule has 0 atom stereocenters. The number of oxime groups is 1. The number of rotatable bonds is 1. The highest BCUT2D eigenvalue weighted by molar-refractivity contribution is 6.43. The first kappa shape index (κ1) is 13.0. The Balaban J connectivity index is 0.000000637. The fraction of sp³-hybridized carbons (Fsp3) is 0.214. The van der Waals surface area contributed by atoms with E-state index >= 15 is 0 Å². The standard InChI is InChI=1S/C12H8N2O3.C2H6/c15-12(16)11-8-3-4-10-7(2-1-5-13-10)9(8)6-17-14-11;1-2/h1-5H,6H2,(H,15,16);1-2H3. The second-order valence-corrected chi connectivity index (χ2v) is 3.68. The highest BCUT2D eigenvalue weighted by Crippen LogP contribution is 2.25. The lowest BCUT2D eigenvalue weighted by atomic mass is 9.98. The molecule has 0 unspecified atom stereocenters. The molecule has 19 heavy (non-hydrogen) atoms. The summed E-state index contributed by atoms with van der Waals surface area (Å²) in [6.07, 6.45) is 1.70. The van der Waals surface area contributed by atoms with Crippen LogP contribution in [0, 0.1) is 0 Å². The summed E-state index contributed by atoms with van der Waals surface area (Å²) in [4.78, 5) is 20.2. The number of carboxylic acids is 1. The first-order chi connectivity index (χ1) is 9.27. The molecule has 2 aromatic rings. The van der Waals surface area contributed by atoms with Crippen LogP contribution in [0.15, 0.2) is 35.6 Å². The van der Waals surface area contributed by atoms with Crippen molar-refractivity contribution >= 4 is 22.6 Å². The van der Waals surface area contributed by atoms with Gasteiger partial charge in [0.25, 0.3) is 0 Å². The fourth-order valence-corrected chi connectivity index (χ4v) is 1.96. The Morgan fingerprint density at radius 3 is 2.84 bits per heavy atom.